The molecule has 0 spiro atoms. The highest BCUT2D eigenvalue weighted by Gasteiger charge is 2.16. The zero-order valence-corrected chi connectivity index (χ0v) is 5.85. The van der Waals surface area contributed by atoms with Gasteiger partial charge in [0.15, 0.2) is 0 Å². The van der Waals surface area contributed by atoms with Gasteiger partial charge in [-0.25, -0.2) is 0 Å². The molecule has 0 atom stereocenters. The summed E-state index contributed by atoms with van der Waals surface area (Å²) in [6, 6.07) is 0. The van der Waals surface area contributed by atoms with Crippen molar-refractivity contribution < 1.29 is 0 Å². The predicted octanol–water partition coefficient (Wildman–Crippen LogP) is 0.357. The Morgan fingerprint density at radius 2 is 2.40 bits per heavy atom. The normalized spacial score (nSPS) is 15.7. The van der Waals surface area contributed by atoms with Crippen molar-refractivity contribution in [3.05, 3.63) is 17.0 Å². The average Bonchev–Trinajstić information content (AvgIpc) is 2.44. The molecule has 0 fully saturated rings. The lowest BCUT2D eigenvalue weighted by molar-refractivity contribution is 0.833. The van der Waals surface area contributed by atoms with E-state index in [4.69, 9.17) is 5.73 Å². The molecule has 3 nitrogen and oxygen atoms in total. The Balaban J connectivity index is 2.44. The largest absolute Gasteiger partial charge is 0.325 e. The van der Waals surface area contributed by atoms with Gasteiger partial charge in [-0.1, -0.05) is 0 Å². The maximum absolute atomic E-state index is 5.48. The minimum atomic E-state index is 0.575. The molecule has 1 aliphatic rings. The Hall–Kier alpha value is -0.830. The summed E-state index contributed by atoms with van der Waals surface area (Å²) in [4.78, 5) is 0. The number of hydrogen-bond donors (Lipinski definition) is 2. The quantitative estimate of drug-likeness (QED) is 0.587. The molecule has 0 aromatic carbocycles. The van der Waals surface area contributed by atoms with Crippen molar-refractivity contribution in [1.29, 1.82) is 0 Å². The van der Waals surface area contributed by atoms with Crippen LogP contribution < -0.4 is 5.73 Å². The predicted molar refractivity (Wildman–Crippen MR) is 38.5 cm³/mol. The molecule has 0 bridgehead atoms. The van der Waals surface area contributed by atoms with Crippen LogP contribution in [0, 0.1) is 0 Å². The zero-order valence-electron chi connectivity index (χ0n) is 5.85. The van der Waals surface area contributed by atoms with Crippen molar-refractivity contribution in [1.82, 2.24) is 10.2 Å². The second kappa shape index (κ2) is 2.09. The fraction of sp³-hybridized carbons (Fsp3) is 0.571. The highest BCUT2D eigenvalue weighted by atomic mass is 15.1. The molecule has 3 heteroatoms. The maximum Gasteiger partial charge on any atom is 0.0792 e. The number of nitrogens with one attached hydrogen (secondary N) is 1. The van der Waals surface area contributed by atoms with E-state index in [0.29, 0.717) is 6.54 Å². The summed E-state index contributed by atoms with van der Waals surface area (Å²) >= 11 is 0. The topological polar surface area (TPSA) is 54.7 Å². The van der Waals surface area contributed by atoms with Crippen LogP contribution in [0.25, 0.3) is 0 Å². The third-order valence-corrected chi connectivity index (χ3v) is 2.09. The second-order valence-electron chi connectivity index (χ2n) is 2.69. The van der Waals surface area contributed by atoms with E-state index < -0.39 is 0 Å². The van der Waals surface area contributed by atoms with Crippen LogP contribution in [0.1, 0.15) is 23.4 Å². The van der Waals surface area contributed by atoms with Gasteiger partial charge in [-0.2, -0.15) is 5.10 Å². The van der Waals surface area contributed by atoms with Crippen molar-refractivity contribution >= 4 is 0 Å². The number of hydrogen-bond acceptors (Lipinski definition) is 2. The minimum absolute atomic E-state index is 0.575. The summed E-state index contributed by atoms with van der Waals surface area (Å²) in [5.41, 5.74) is 9.23. The van der Waals surface area contributed by atoms with Crippen LogP contribution in [0.4, 0.5) is 0 Å². The molecule has 0 saturated heterocycles. The number of nitrogens with zero attached hydrogens (tertiary/aromatic N) is 1. The molecule has 1 aromatic rings. The summed E-state index contributed by atoms with van der Waals surface area (Å²) in [7, 11) is 0. The van der Waals surface area contributed by atoms with Crippen LogP contribution in [0.5, 0.6) is 0 Å². The SMILES string of the molecule is NCc1n[nH]c2c1CCC2. The van der Waals surface area contributed by atoms with Gasteiger partial charge in [-0.15, -0.1) is 0 Å². The van der Waals surface area contributed by atoms with Gasteiger partial charge in [0.05, 0.1) is 5.69 Å². The van der Waals surface area contributed by atoms with Crippen molar-refractivity contribution in [3.63, 3.8) is 0 Å². The Bertz CT molecular complexity index is 239. The van der Waals surface area contributed by atoms with Crippen LogP contribution in [0.2, 0.25) is 0 Å². The van der Waals surface area contributed by atoms with Crippen LogP contribution in [-0.2, 0) is 19.4 Å². The number of nitrogens with two attached hydrogens (primary N) is 1. The van der Waals surface area contributed by atoms with Crippen molar-refractivity contribution in [2.45, 2.75) is 25.8 Å². The number of aryl methyl sites for hydroxylation is 1. The van der Waals surface area contributed by atoms with Crippen molar-refractivity contribution in [3.8, 4) is 0 Å². The summed E-state index contributed by atoms with van der Waals surface area (Å²) < 4.78 is 0. The first-order valence-corrected chi connectivity index (χ1v) is 3.67. The number of H-pyrrole nitrogens is 1. The molecule has 1 aliphatic carbocycles. The monoisotopic (exact) mass is 137 g/mol. The highest BCUT2D eigenvalue weighted by molar-refractivity contribution is 5.29. The van der Waals surface area contributed by atoms with Crippen LogP contribution in [0.15, 0.2) is 0 Å². The van der Waals surface area contributed by atoms with E-state index in [0.717, 1.165) is 12.1 Å². The Morgan fingerprint density at radius 3 is 3.20 bits per heavy atom. The maximum atomic E-state index is 5.48. The molecule has 1 heterocycles. The van der Waals surface area contributed by atoms with Gasteiger partial charge >= 0.3 is 0 Å². The van der Waals surface area contributed by atoms with Crippen molar-refractivity contribution in [2.24, 2.45) is 5.73 Å². The van der Waals surface area contributed by atoms with Gasteiger partial charge in [0, 0.05) is 12.2 Å². The van der Waals surface area contributed by atoms with Crippen LogP contribution >= 0.6 is 0 Å². The average molecular weight is 137 g/mol. The van der Waals surface area contributed by atoms with E-state index in [1.807, 2.05) is 0 Å². The molecule has 10 heavy (non-hydrogen) atoms. The smallest absolute Gasteiger partial charge is 0.0792 e. The molecule has 0 amide bonds. The summed E-state index contributed by atoms with van der Waals surface area (Å²) in [5, 5.41) is 7.11. The lowest BCUT2D eigenvalue weighted by atomic mass is 10.2. The second-order valence-corrected chi connectivity index (χ2v) is 2.69. The minimum Gasteiger partial charge on any atom is -0.325 e. The molecule has 54 valence electrons. The molecule has 0 saturated carbocycles. The molecule has 3 N–H and O–H groups in total. The number of aromatic nitrogens is 2. The number of fused-ring (bicyclic) bond motifs is 1. The number of rotatable bonds is 1. The third-order valence-electron chi connectivity index (χ3n) is 2.09. The standard InChI is InChI=1S/C7H11N3/c8-4-7-5-2-1-3-6(5)9-10-7/h1-4,8H2,(H,9,10). The van der Waals surface area contributed by atoms with Gasteiger partial charge in [0.25, 0.3) is 0 Å². The molecular formula is C7H11N3. The van der Waals surface area contributed by atoms with Gasteiger partial charge in [-0.05, 0) is 24.8 Å². The Morgan fingerprint density at radius 1 is 1.50 bits per heavy atom. The van der Waals surface area contributed by atoms with Crippen molar-refractivity contribution in [2.75, 3.05) is 0 Å². The van der Waals surface area contributed by atoms with Gasteiger partial charge in [0.2, 0.25) is 0 Å². The third kappa shape index (κ3) is 0.671. The molecule has 0 aliphatic heterocycles. The van der Waals surface area contributed by atoms with E-state index in [1.54, 1.807) is 0 Å². The summed E-state index contributed by atoms with van der Waals surface area (Å²) in [5.74, 6) is 0. The first-order valence-electron chi connectivity index (χ1n) is 3.67. The first-order chi connectivity index (χ1) is 4.92. The van der Waals surface area contributed by atoms with Crippen LogP contribution in [0.3, 0.4) is 0 Å². The number of aromatic amines is 1. The fourth-order valence-corrected chi connectivity index (χ4v) is 1.56. The van der Waals surface area contributed by atoms with E-state index in [1.165, 1.54) is 24.1 Å². The molecular weight excluding hydrogens is 126 g/mol. The van der Waals surface area contributed by atoms with E-state index in [2.05, 4.69) is 10.2 Å². The van der Waals surface area contributed by atoms with E-state index in [-0.39, 0.29) is 0 Å². The van der Waals surface area contributed by atoms with Gasteiger partial charge in [-0.3, -0.25) is 5.10 Å². The summed E-state index contributed by atoms with van der Waals surface area (Å²) in [6.07, 6.45) is 3.58. The molecule has 0 radical (unpaired) electrons. The lowest BCUT2D eigenvalue weighted by Gasteiger charge is -1.90. The Labute approximate surface area is 59.6 Å². The summed E-state index contributed by atoms with van der Waals surface area (Å²) in [6.45, 7) is 0.575. The molecule has 0 unspecified atom stereocenters. The molecule has 2 rings (SSSR count). The lowest BCUT2D eigenvalue weighted by Crippen LogP contribution is -1.99. The van der Waals surface area contributed by atoms with Gasteiger partial charge < -0.3 is 5.73 Å². The Kier molecular flexibility index (Phi) is 1.24. The molecule has 1 aromatic heterocycles. The van der Waals surface area contributed by atoms with Gasteiger partial charge in [0.1, 0.15) is 0 Å². The fourth-order valence-electron chi connectivity index (χ4n) is 1.56. The van der Waals surface area contributed by atoms with E-state index >= 15 is 0 Å². The van der Waals surface area contributed by atoms with Crippen LogP contribution in [-0.4, -0.2) is 10.2 Å². The highest BCUT2D eigenvalue weighted by Crippen LogP contribution is 2.21. The van der Waals surface area contributed by atoms with E-state index in [9.17, 15) is 0 Å². The zero-order chi connectivity index (χ0) is 6.97. The first kappa shape index (κ1) is 5.92.